The fourth-order valence-electron chi connectivity index (χ4n) is 3.07. The van der Waals surface area contributed by atoms with Crippen LogP contribution in [0.4, 0.5) is 5.69 Å². The fourth-order valence-corrected chi connectivity index (χ4v) is 3.07. The zero-order valence-electron chi connectivity index (χ0n) is 17.7. The van der Waals surface area contributed by atoms with Crippen LogP contribution in [-0.4, -0.2) is 26.2 Å². The zero-order chi connectivity index (χ0) is 21.2. The summed E-state index contributed by atoms with van der Waals surface area (Å²) < 4.78 is 11.8. The van der Waals surface area contributed by atoms with E-state index in [0.717, 1.165) is 42.0 Å². The predicted molar refractivity (Wildman–Crippen MR) is 122 cm³/mol. The standard InChI is InChI=1S/C26H29NO3/c1-3-4-19-29-24-12-8-9-13-25(24)30-20-18-21-14-16-23(17-15-21)27(2)26(28)22-10-6-5-7-11-22/h5-17H,3-4,18-20H2,1-2H3. The highest BCUT2D eigenvalue weighted by Crippen LogP contribution is 2.27. The Hall–Kier alpha value is -3.27. The Morgan fingerprint density at radius 3 is 2.03 bits per heavy atom. The molecule has 0 heterocycles. The number of para-hydroxylation sites is 2. The van der Waals surface area contributed by atoms with Crippen molar-refractivity contribution in [1.82, 2.24) is 0 Å². The number of carbonyl (C=O) groups excluding carboxylic acids is 1. The van der Waals surface area contributed by atoms with Crippen LogP contribution in [0.15, 0.2) is 78.9 Å². The van der Waals surface area contributed by atoms with Gasteiger partial charge in [0.05, 0.1) is 13.2 Å². The molecule has 0 saturated carbocycles. The maximum absolute atomic E-state index is 12.6. The Morgan fingerprint density at radius 1 is 0.800 bits per heavy atom. The van der Waals surface area contributed by atoms with E-state index in [9.17, 15) is 4.79 Å². The molecule has 0 aliphatic carbocycles. The van der Waals surface area contributed by atoms with Gasteiger partial charge in [0.2, 0.25) is 0 Å². The van der Waals surface area contributed by atoms with Crippen molar-refractivity contribution in [3.63, 3.8) is 0 Å². The summed E-state index contributed by atoms with van der Waals surface area (Å²) in [4.78, 5) is 14.2. The van der Waals surface area contributed by atoms with Crippen molar-refractivity contribution >= 4 is 11.6 Å². The summed E-state index contributed by atoms with van der Waals surface area (Å²) in [6.45, 7) is 3.41. The number of carbonyl (C=O) groups is 1. The average Bonchev–Trinajstić information content (AvgIpc) is 2.80. The van der Waals surface area contributed by atoms with E-state index in [-0.39, 0.29) is 5.91 Å². The second-order valence-corrected chi connectivity index (χ2v) is 7.14. The number of rotatable bonds is 10. The van der Waals surface area contributed by atoms with Crippen molar-refractivity contribution in [2.24, 2.45) is 0 Å². The van der Waals surface area contributed by atoms with E-state index in [2.05, 4.69) is 6.92 Å². The summed E-state index contributed by atoms with van der Waals surface area (Å²) in [5.74, 6) is 1.55. The molecular weight excluding hydrogens is 374 g/mol. The van der Waals surface area contributed by atoms with Crippen molar-refractivity contribution in [1.29, 1.82) is 0 Å². The normalized spacial score (nSPS) is 10.5. The molecule has 0 N–H and O–H groups in total. The Kier molecular flexibility index (Phi) is 7.90. The molecule has 0 radical (unpaired) electrons. The first kappa shape index (κ1) is 21.4. The maximum atomic E-state index is 12.6. The Bertz CT molecular complexity index is 923. The van der Waals surface area contributed by atoms with Gasteiger partial charge in [-0.15, -0.1) is 0 Å². The number of nitrogens with zero attached hydrogens (tertiary/aromatic N) is 1. The molecule has 3 aromatic rings. The van der Waals surface area contributed by atoms with E-state index in [1.54, 1.807) is 11.9 Å². The van der Waals surface area contributed by atoms with Gasteiger partial charge in [-0.2, -0.15) is 0 Å². The minimum Gasteiger partial charge on any atom is -0.490 e. The number of benzene rings is 3. The van der Waals surface area contributed by atoms with Crippen LogP contribution in [0.3, 0.4) is 0 Å². The molecule has 156 valence electrons. The lowest BCUT2D eigenvalue weighted by molar-refractivity contribution is 0.0993. The average molecular weight is 404 g/mol. The van der Waals surface area contributed by atoms with Crippen molar-refractivity contribution in [2.45, 2.75) is 26.2 Å². The van der Waals surface area contributed by atoms with E-state index in [0.29, 0.717) is 18.8 Å². The van der Waals surface area contributed by atoms with Gasteiger partial charge in [-0.25, -0.2) is 0 Å². The van der Waals surface area contributed by atoms with E-state index in [4.69, 9.17) is 9.47 Å². The van der Waals surface area contributed by atoms with Gasteiger partial charge in [0, 0.05) is 24.7 Å². The molecule has 0 saturated heterocycles. The van der Waals surface area contributed by atoms with Gasteiger partial charge in [-0.1, -0.05) is 55.8 Å². The topological polar surface area (TPSA) is 38.8 Å². The van der Waals surface area contributed by atoms with Crippen molar-refractivity contribution < 1.29 is 14.3 Å². The summed E-state index contributed by atoms with van der Waals surface area (Å²) in [7, 11) is 1.79. The molecule has 0 bridgehead atoms. The molecule has 3 rings (SSSR count). The van der Waals surface area contributed by atoms with Gasteiger partial charge < -0.3 is 14.4 Å². The van der Waals surface area contributed by atoms with Crippen LogP contribution in [0, 0.1) is 0 Å². The SMILES string of the molecule is CCCCOc1ccccc1OCCc1ccc(N(C)C(=O)c2ccccc2)cc1. The highest BCUT2D eigenvalue weighted by atomic mass is 16.5. The van der Waals surface area contributed by atoms with Crippen LogP contribution >= 0.6 is 0 Å². The van der Waals surface area contributed by atoms with E-state index >= 15 is 0 Å². The Morgan fingerprint density at radius 2 is 1.40 bits per heavy atom. The zero-order valence-corrected chi connectivity index (χ0v) is 17.7. The van der Waals surface area contributed by atoms with Gasteiger partial charge in [0.15, 0.2) is 11.5 Å². The summed E-state index contributed by atoms with van der Waals surface area (Å²) in [6.07, 6.45) is 2.91. The van der Waals surface area contributed by atoms with Gasteiger partial charge in [0.1, 0.15) is 0 Å². The third kappa shape index (κ3) is 5.86. The molecule has 0 spiro atoms. The van der Waals surface area contributed by atoms with Crippen LogP contribution < -0.4 is 14.4 Å². The number of ether oxygens (including phenoxy) is 2. The van der Waals surface area contributed by atoms with Crippen LogP contribution in [0.5, 0.6) is 11.5 Å². The third-order valence-electron chi connectivity index (χ3n) is 4.90. The summed E-state index contributed by atoms with van der Waals surface area (Å²) in [5.41, 5.74) is 2.70. The van der Waals surface area contributed by atoms with Crippen molar-refractivity contribution in [3.8, 4) is 11.5 Å². The summed E-state index contributed by atoms with van der Waals surface area (Å²) in [6, 6.07) is 25.1. The Balaban J connectivity index is 1.54. The van der Waals surface area contributed by atoms with E-state index in [1.165, 1.54) is 0 Å². The third-order valence-corrected chi connectivity index (χ3v) is 4.90. The largest absolute Gasteiger partial charge is 0.490 e. The monoisotopic (exact) mass is 403 g/mol. The Labute approximate surface area is 179 Å². The van der Waals surface area contributed by atoms with Crippen LogP contribution in [0.1, 0.15) is 35.7 Å². The number of hydrogen-bond acceptors (Lipinski definition) is 3. The fraction of sp³-hybridized carbons (Fsp3) is 0.269. The molecule has 1 amide bonds. The minimum absolute atomic E-state index is 0.0219. The first-order chi connectivity index (χ1) is 14.7. The molecule has 0 aromatic heterocycles. The molecule has 0 aliphatic rings. The lowest BCUT2D eigenvalue weighted by Gasteiger charge is -2.18. The lowest BCUT2D eigenvalue weighted by Crippen LogP contribution is -2.26. The van der Waals surface area contributed by atoms with Crippen molar-refractivity contribution in [3.05, 3.63) is 90.0 Å². The second kappa shape index (κ2) is 11.1. The number of unbranched alkanes of at least 4 members (excludes halogenated alkanes) is 1. The molecule has 0 fully saturated rings. The maximum Gasteiger partial charge on any atom is 0.258 e. The highest BCUT2D eigenvalue weighted by molar-refractivity contribution is 6.05. The van der Waals surface area contributed by atoms with Crippen molar-refractivity contribution in [2.75, 3.05) is 25.2 Å². The molecule has 3 aromatic carbocycles. The molecule has 4 nitrogen and oxygen atoms in total. The molecular formula is C26H29NO3. The first-order valence-corrected chi connectivity index (χ1v) is 10.5. The smallest absolute Gasteiger partial charge is 0.258 e. The van der Waals surface area contributed by atoms with Gasteiger partial charge >= 0.3 is 0 Å². The number of amides is 1. The van der Waals surface area contributed by atoms with E-state index in [1.807, 2.05) is 78.9 Å². The molecule has 30 heavy (non-hydrogen) atoms. The van der Waals surface area contributed by atoms with Gasteiger partial charge in [0.25, 0.3) is 5.91 Å². The van der Waals surface area contributed by atoms with Crippen LogP contribution in [-0.2, 0) is 6.42 Å². The van der Waals surface area contributed by atoms with Crippen LogP contribution in [0.25, 0.3) is 0 Å². The second-order valence-electron chi connectivity index (χ2n) is 7.14. The first-order valence-electron chi connectivity index (χ1n) is 10.5. The lowest BCUT2D eigenvalue weighted by atomic mass is 10.1. The molecule has 0 unspecified atom stereocenters. The molecule has 0 atom stereocenters. The number of anilines is 1. The minimum atomic E-state index is -0.0219. The molecule has 0 aliphatic heterocycles. The predicted octanol–water partition coefficient (Wildman–Crippen LogP) is 5.76. The highest BCUT2D eigenvalue weighted by Gasteiger charge is 2.13. The summed E-state index contributed by atoms with van der Waals surface area (Å²) >= 11 is 0. The quantitative estimate of drug-likeness (QED) is 0.404. The summed E-state index contributed by atoms with van der Waals surface area (Å²) in [5, 5.41) is 0. The molecule has 4 heteroatoms. The number of hydrogen-bond donors (Lipinski definition) is 0. The van der Waals surface area contributed by atoms with Gasteiger partial charge in [-0.3, -0.25) is 4.79 Å². The van der Waals surface area contributed by atoms with E-state index < -0.39 is 0 Å². The van der Waals surface area contributed by atoms with Gasteiger partial charge in [-0.05, 0) is 48.4 Å². The van der Waals surface area contributed by atoms with Crippen LogP contribution in [0.2, 0.25) is 0 Å².